The number of nitrogens with two attached hydrogens (primary N) is 1. The zero-order valence-corrected chi connectivity index (χ0v) is 7.23. The van der Waals surface area contributed by atoms with Gasteiger partial charge >= 0.3 is 0 Å². The molecule has 0 radical (unpaired) electrons. The number of aliphatic hydroxyl groups excluding tert-OH is 1. The van der Waals surface area contributed by atoms with E-state index in [0.29, 0.717) is 5.57 Å². The van der Waals surface area contributed by atoms with E-state index in [0.717, 1.165) is 12.2 Å². The standard InChI is InChI=1S/C9H11NO3/c1-5(10)9(13)6-2-3-7(11)8(12)4-6/h2-5,9,13H,10H2,1H3. The van der Waals surface area contributed by atoms with Crippen molar-refractivity contribution in [2.75, 3.05) is 0 Å². The Balaban J connectivity index is 2.85. The van der Waals surface area contributed by atoms with E-state index in [1.54, 1.807) is 6.92 Å². The van der Waals surface area contributed by atoms with Crippen LogP contribution in [0.4, 0.5) is 0 Å². The fourth-order valence-corrected chi connectivity index (χ4v) is 1.01. The van der Waals surface area contributed by atoms with Gasteiger partial charge in [0.2, 0.25) is 11.6 Å². The van der Waals surface area contributed by atoms with Crippen LogP contribution in [0.1, 0.15) is 6.92 Å². The van der Waals surface area contributed by atoms with Crippen molar-refractivity contribution in [1.29, 1.82) is 0 Å². The van der Waals surface area contributed by atoms with Gasteiger partial charge in [-0.15, -0.1) is 0 Å². The van der Waals surface area contributed by atoms with Crippen molar-refractivity contribution in [3.8, 4) is 0 Å². The Bertz CT molecular complexity index is 302. The van der Waals surface area contributed by atoms with Gasteiger partial charge in [0.1, 0.15) is 0 Å². The third kappa shape index (κ3) is 2.11. The van der Waals surface area contributed by atoms with Gasteiger partial charge in [0.05, 0.1) is 6.10 Å². The summed E-state index contributed by atoms with van der Waals surface area (Å²) in [5.74, 6) is -1.18. The highest BCUT2D eigenvalue weighted by Crippen LogP contribution is 2.11. The first kappa shape index (κ1) is 9.83. The molecular formula is C9H11NO3. The average Bonchev–Trinajstić information content (AvgIpc) is 2.08. The molecule has 0 saturated heterocycles. The summed E-state index contributed by atoms with van der Waals surface area (Å²) in [5, 5.41) is 9.45. The van der Waals surface area contributed by atoms with Crippen LogP contribution in [0.5, 0.6) is 0 Å². The van der Waals surface area contributed by atoms with Crippen LogP contribution >= 0.6 is 0 Å². The van der Waals surface area contributed by atoms with E-state index < -0.39 is 23.7 Å². The Morgan fingerprint density at radius 1 is 1.31 bits per heavy atom. The highest BCUT2D eigenvalue weighted by Gasteiger charge is 2.20. The van der Waals surface area contributed by atoms with Crippen LogP contribution in [0.3, 0.4) is 0 Å². The van der Waals surface area contributed by atoms with Gasteiger partial charge in [-0.1, -0.05) is 6.08 Å². The normalized spacial score (nSPS) is 21.3. The quantitative estimate of drug-likeness (QED) is 0.437. The topological polar surface area (TPSA) is 80.4 Å². The molecule has 3 N–H and O–H groups in total. The molecule has 0 aromatic carbocycles. The van der Waals surface area contributed by atoms with Crippen molar-refractivity contribution in [1.82, 2.24) is 0 Å². The lowest BCUT2D eigenvalue weighted by Gasteiger charge is -2.16. The minimum atomic E-state index is -0.895. The summed E-state index contributed by atoms with van der Waals surface area (Å²) in [6.45, 7) is 1.63. The van der Waals surface area contributed by atoms with E-state index in [9.17, 15) is 14.7 Å². The number of rotatable bonds is 2. The Morgan fingerprint density at radius 3 is 2.38 bits per heavy atom. The summed E-state index contributed by atoms with van der Waals surface area (Å²) in [4.78, 5) is 21.6. The van der Waals surface area contributed by atoms with Gasteiger partial charge < -0.3 is 10.8 Å². The number of ketones is 2. The average molecular weight is 181 g/mol. The number of hydrogen-bond acceptors (Lipinski definition) is 4. The Labute approximate surface area is 75.7 Å². The van der Waals surface area contributed by atoms with Crippen molar-refractivity contribution >= 4 is 11.6 Å². The van der Waals surface area contributed by atoms with Crippen molar-refractivity contribution in [2.24, 2.45) is 5.73 Å². The van der Waals surface area contributed by atoms with Crippen molar-refractivity contribution in [3.63, 3.8) is 0 Å². The first-order valence-electron chi connectivity index (χ1n) is 3.94. The lowest BCUT2D eigenvalue weighted by molar-refractivity contribution is -0.131. The van der Waals surface area contributed by atoms with Gasteiger partial charge in [0, 0.05) is 6.04 Å². The van der Waals surface area contributed by atoms with Crippen LogP contribution in [0, 0.1) is 0 Å². The maximum atomic E-state index is 10.9. The second kappa shape index (κ2) is 3.64. The van der Waals surface area contributed by atoms with Gasteiger partial charge in [-0.25, -0.2) is 0 Å². The predicted octanol–water partition coefficient (Wildman–Crippen LogP) is -0.671. The van der Waals surface area contributed by atoms with Gasteiger partial charge in [-0.05, 0) is 24.6 Å². The smallest absolute Gasteiger partial charge is 0.226 e. The molecule has 0 aromatic heterocycles. The summed E-state index contributed by atoms with van der Waals surface area (Å²) < 4.78 is 0. The molecule has 13 heavy (non-hydrogen) atoms. The number of hydrogen-bond donors (Lipinski definition) is 2. The molecule has 0 spiro atoms. The Morgan fingerprint density at radius 2 is 1.92 bits per heavy atom. The molecule has 1 rings (SSSR count). The maximum absolute atomic E-state index is 10.9. The second-order valence-electron chi connectivity index (χ2n) is 3.01. The lowest BCUT2D eigenvalue weighted by atomic mass is 9.97. The fraction of sp³-hybridized carbons (Fsp3) is 0.333. The van der Waals surface area contributed by atoms with E-state index in [2.05, 4.69) is 0 Å². The molecule has 1 aliphatic carbocycles. The Kier molecular flexibility index (Phi) is 2.75. The second-order valence-corrected chi connectivity index (χ2v) is 3.01. The van der Waals surface area contributed by atoms with Gasteiger partial charge in [0.25, 0.3) is 0 Å². The number of allylic oxidation sites excluding steroid dienone is 2. The zero-order chi connectivity index (χ0) is 10.0. The number of carbonyl (C=O) groups excluding carboxylic acids is 2. The molecule has 0 bridgehead atoms. The summed E-state index contributed by atoms with van der Waals surface area (Å²) in [6.07, 6.45) is 2.78. The van der Waals surface area contributed by atoms with Gasteiger partial charge in [0.15, 0.2) is 0 Å². The van der Waals surface area contributed by atoms with E-state index in [1.807, 2.05) is 0 Å². The van der Waals surface area contributed by atoms with Crippen LogP contribution in [0.25, 0.3) is 0 Å². The van der Waals surface area contributed by atoms with Crippen LogP contribution < -0.4 is 5.73 Å². The molecule has 0 saturated carbocycles. The number of carbonyl (C=O) groups is 2. The minimum absolute atomic E-state index is 0.389. The maximum Gasteiger partial charge on any atom is 0.226 e. The molecule has 0 amide bonds. The molecule has 0 aromatic rings. The molecule has 0 heterocycles. The SMILES string of the molecule is CC(N)C(O)C1=CC(=O)C(=O)C=C1. The molecule has 70 valence electrons. The minimum Gasteiger partial charge on any atom is -0.387 e. The fourth-order valence-electron chi connectivity index (χ4n) is 1.01. The molecule has 0 fully saturated rings. The van der Waals surface area contributed by atoms with Crippen LogP contribution in [-0.4, -0.2) is 28.8 Å². The van der Waals surface area contributed by atoms with E-state index in [4.69, 9.17) is 5.73 Å². The highest BCUT2D eigenvalue weighted by atomic mass is 16.3. The van der Waals surface area contributed by atoms with Gasteiger partial charge in [-0.3, -0.25) is 9.59 Å². The van der Waals surface area contributed by atoms with Crippen LogP contribution in [-0.2, 0) is 9.59 Å². The van der Waals surface area contributed by atoms with Crippen molar-refractivity contribution in [2.45, 2.75) is 19.1 Å². The zero-order valence-electron chi connectivity index (χ0n) is 7.23. The molecule has 4 heteroatoms. The van der Waals surface area contributed by atoms with E-state index in [1.165, 1.54) is 6.08 Å². The lowest BCUT2D eigenvalue weighted by Crippen LogP contribution is -2.33. The number of aliphatic hydroxyl groups is 1. The molecule has 4 nitrogen and oxygen atoms in total. The molecular weight excluding hydrogens is 170 g/mol. The largest absolute Gasteiger partial charge is 0.387 e. The summed E-state index contributed by atoms with van der Waals surface area (Å²) in [6, 6.07) is -0.461. The summed E-state index contributed by atoms with van der Waals surface area (Å²) in [7, 11) is 0. The predicted molar refractivity (Wildman–Crippen MR) is 46.9 cm³/mol. The highest BCUT2D eigenvalue weighted by molar-refractivity contribution is 6.46. The Hall–Kier alpha value is -1.26. The first-order valence-corrected chi connectivity index (χ1v) is 3.94. The summed E-state index contributed by atoms with van der Waals surface area (Å²) >= 11 is 0. The van der Waals surface area contributed by atoms with Crippen molar-refractivity contribution < 1.29 is 14.7 Å². The van der Waals surface area contributed by atoms with E-state index in [-0.39, 0.29) is 0 Å². The molecule has 0 aliphatic heterocycles. The molecule has 2 unspecified atom stereocenters. The third-order valence-electron chi connectivity index (χ3n) is 1.81. The molecule has 2 atom stereocenters. The van der Waals surface area contributed by atoms with Crippen molar-refractivity contribution in [3.05, 3.63) is 23.8 Å². The van der Waals surface area contributed by atoms with Crippen LogP contribution in [0.15, 0.2) is 23.8 Å². The van der Waals surface area contributed by atoms with Crippen LogP contribution in [0.2, 0.25) is 0 Å². The first-order chi connectivity index (χ1) is 6.02. The summed E-state index contributed by atoms with van der Waals surface area (Å²) in [5.41, 5.74) is 5.81. The van der Waals surface area contributed by atoms with Gasteiger partial charge in [-0.2, -0.15) is 0 Å². The molecule has 1 aliphatic rings. The van der Waals surface area contributed by atoms with E-state index >= 15 is 0 Å². The monoisotopic (exact) mass is 181 g/mol. The third-order valence-corrected chi connectivity index (χ3v) is 1.81.